The average molecular weight is 408 g/mol. The van der Waals surface area contributed by atoms with E-state index in [2.05, 4.69) is 20.2 Å². The number of aromatic nitrogens is 4. The molecule has 1 amide bonds. The summed E-state index contributed by atoms with van der Waals surface area (Å²) in [6.45, 7) is 3.23. The van der Waals surface area contributed by atoms with Gasteiger partial charge in [-0.25, -0.2) is 9.59 Å². The summed E-state index contributed by atoms with van der Waals surface area (Å²) in [6.07, 6.45) is 4.51. The fourth-order valence-electron chi connectivity index (χ4n) is 3.23. The maximum Gasteiger partial charge on any atom is 0.356 e. The van der Waals surface area contributed by atoms with Gasteiger partial charge in [0.05, 0.1) is 12.4 Å². The normalized spacial score (nSPS) is 14.5. The Labute approximate surface area is 172 Å². The Hall–Kier alpha value is -3.79. The van der Waals surface area contributed by atoms with Crippen LogP contribution >= 0.6 is 0 Å². The van der Waals surface area contributed by atoms with Crippen molar-refractivity contribution in [1.82, 2.24) is 29.8 Å². The highest BCUT2D eigenvalue weighted by Crippen LogP contribution is 2.22. The molecule has 0 atom stereocenters. The van der Waals surface area contributed by atoms with E-state index in [1.54, 1.807) is 23.4 Å². The number of carboxylic acid groups (broad SMARTS) is 1. The summed E-state index contributed by atoms with van der Waals surface area (Å²) < 4.78 is 6.88. The molecule has 10 heteroatoms. The zero-order valence-corrected chi connectivity index (χ0v) is 16.1. The first-order chi connectivity index (χ1) is 14.6. The van der Waals surface area contributed by atoms with Gasteiger partial charge < -0.3 is 14.7 Å². The van der Waals surface area contributed by atoms with Crippen molar-refractivity contribution in [2.45, 2.75) is 6.54 Å². The zero-order chi connectivity index (χ0) is 20.9. The predicted octanol–water partition coefficient (Wildman–Crippen LogP) is 1.95. The standard InChI is InChI=1S/C20H20N6O4/c27-19(28)18-5-7-26(23-18)20(29)25-10-8-24(9-11-25)14-15-2-1-3-16(12-15)30-17-4-6-21-22-13-17/h1-7,12-13H,8-11,14H2,(H,27,28). The Kier molecular flexibility index (Phi) is 5.66. The molecule has 30 heavy (non-hydrogen) atoms. The van der Waals surface area contributed by atoms with Gasteiger partial charge in [-0.15, -0.1) is 0 Å². The first-order valence-electron chi connectivity index (χ1n) is 9.42. The molecule has 0 aliphatic carbocycles. The van der Waals surface area contributed by atoms with E-state index in [1.165, 1.54) is 12.3 Å². The number of benzene rings is 1. The Bertz CT molecular complexity index is 1030. The third-order valence-corrected chi connectivity index (χ3v) is 4.74. The summed E-state index contributed by atoms with van der Waals surface area (Å²) in [4.78, 5) is 27.4. The van der Waals surface area contributed by atoms with E-state index in [-0.39, 0.29) is 11.7 Å². The molecule has 154 valence electrons. The molecule has 0 spiro atoms. The van der Waals surface area contributed by atoms with E-state index in [0.29, 0.717) is 31.9 Å². The average Bonchev–Trinajstić information content (AvgIpc) is 3.26. The molecule has 0 bridgehead atoms. The summed E-state index contributed by atoms with van der Waals surface area (Å²) in [5.41, 5.74) is 0.958. The van der Waals surface area contributed by atoms with Gasteiger partial charge in [0, 0.05) is 45.0 Å². The van der Waals surface area contributed by atoms with Crippen molar-refractivity contribution in [3.8, 4) is 11.5 Å². The number of rotatable bonds is 5. The van der Waals surface area contributed by atoms with E-state index >= 15 is 0 Å². The molecule has 0 radical (unpaired) electrons. The van der Waals surface area contributed by atoms with Gasteiger partial charge in [0.1, 0.15) is 11.5 Å². The number of amides is 1. The molecule has 1 aliphatic rings. The van der Waals surface area contributed by atoms with Crippen LogP contribution in [0, 0.1) is 0 Å². The van der Waals surface area contributed by atoms with E-state index in [9.17, 15) is 9.59 Å². The van der Waals surface area contributed by atoms with Crippen molar-refractivity contribution in [1.29, 1.82) is 0 Å². The second kappa shape index (κ2) is 8.70. The minimum absolute atomic E-state index is 0.147. The topological polar surface area (TPSA) is 114 Å². The summed E-state index contributed by atoms with van der Waals surface area (Å²) in [5, 5.41) is 20.3. The second-order valence-corrected chi connectivity index (χ2v) is 6.82. The molecule has 1 fully saturated rings. The summed E-state index contributed by atoms with van der Waals surface area (Å²) >= 11 is 0. The second-order valence-electron chi connectivity index (χ2n) is 6.82. The molecule has 3 aromatic rings. The van der Waals surface area contributed by atoms with Crippen molar-refractivity contribution in [3.63, 3.8) is 0 Å². The van der Waals surface area contributed by atoms with Crippen LogP contribution in [0.25, 0.3) is 0 Å². The maximum atomic E-state index is 12.5. The van der Waals surface area contributed by atoms with Gasteiger partial charge in [0.25, 0.3) is 0 Å². The molecular weight excluding hydrogens is 388 g/mol. The fraction of sp³-hybridized carbons (Fsp3) is 0.250. The number of piperazine rings is 1. The molecule has 4 rings (SSSR count). The van der Waals surface area contributed by atoms with Gasteiger partial charge >= 0.3 is 12.0 Å². The molecule has 1 aliphatic heterocycles. The van der Waals surface area contributed by atoms with E-state index in [1.807, 2.05) is 24.3 Å². The van der Waals surface area contributed by atoms with Crippen LogP contribution in [-0.4, -0.2) is 73.1 Å². The number of aromatic carboxylic acids is 1. The van der Waals surface area contributed by atoms with Crippen LogP contribution in [0.4, 0.5) is 4.79 Å². The van der Waals surface area contributed by atoms with Gasteiger partial charge in [-0.3, -0.25) is 4.90 Å². The predicted molar refractivity (Wildman–Crippen MR) is 105 cm³/mol. The Morgan fingerprint density at radius 2 is 1.87 bits per heavy atom. The van der Waals surface area contributed by atoms with Gasteiger partial charge in [-0.1, -0.05) is 12.1 Å². The van der Waals surface area contributed by atoms with Gasteiger partial charge in [0.2, 0.25) is 0 Å². The molecular formula is C20H20N6O4. The van der Waals surface area contributed by atoms with E-state index < -0.39 is 5.97 Å². The van der Waals surface area contributed by atoms with Crippen LogP contribution in [0.1, 0.15) is 16.1 Å². The van der Waals surface area contributed by atoms with Gasteiger partial charge in [-0.2, -0.15) is 20.0 Å². The first kappa shape index (κ1) is 19.5. The molecule has 10 nitrogen and oxygen atoms in total. The molecule has 0 saturated carbocycles. The summed E-state index contributed by atoms with van der Waals surface area (Å²) in [6, 6.07) is 10.6. The number of ether oxygens (including phenoxy) is 1. The Balaban J connectivity index is 1.32. The van der Waals surface area contributed by atoms with Crippen molar-refractivity contribution >= 4 is 12.0 Å². The largest absolute Gasteiger partial charge is 0.476 e. The summed E-state index contributed by atoms with van der Waals surface area (Å²) in [5.74, 6) is 0.193. The SMILES string of the molecule is O=C(O)c1ccn(C(=O)N2CCN(Cc3cccc(Oc4ccnnc4)c3)CC2)n1. The highest BCUT2D eigenvalue weighted by atomic mass is 16.5. The molecule has 1 saturated heterocycles. The number of carbonyl (C=O) groups is 2. The van der Waals surface area contributed by atoms with Gasteiger partial charge in [-0.05, 0) is 23.8 Å². The summed E-state index contributed by atoms with van der Waals surface area (Å²) in [7, 11) is 0. The number of carboxylic acids is 1. The molecule has 3 heterocycles. The van der Waals surface area contributed by atoms with E-state index in [0.717, 1.165) is 22.5 Å². The van der Waals surface area contributed by atoms with Crippen LogP contribution in [-0.2, 0) is 6.54 Å². The third kappa shape index (κ3) is 4.61. The Morgan fingerprint density at radius 1 is 1.03 bits per heavy atom. The lowest BCUT2D eigenvalue weighted by Gasteiger charge is -2.34. The van der Waals surface area contributed by atoms with Crippen LogP contribution in [0.5, 0.6) is 11.5 Å². The first-order valence-corrected chi connectivity index (χ1v) is 9.42. The van der Waals surface area contributed by atoms with Gasteiger partial charge in [0.15, 0.2) is 5.69 Å². The van der Waals surface area contributed by atoms with Crippen LogP contribution in [0.2, 0.25) is 0 Å². The zero-order valence-electron chi connectivity index (χ0n) is 16.1. The van der Waals surface area contributed by atoms with Crippen LogP contribution in [0.15, 0.2) is 55.0 Å². The molecule has 2 aromatic heterocycles. The van der Waals surface area contributed by atoms with Crippen molar-refractivity contribution < 1.29 is 19.4 Å². The highest BCUT2D eigenvalue weighted by molar-refractivity contribution is 5.86. The van der Waals surface area contributed by atoms with Crippen molar-refractivity contribution in [2.75, 3.05) is 26.2 Å². The molecule has 0 unspecified atom stereocenters. The Morgan fingerprint density at radius 3 is 2.57 bits per heavy atom. The number of nitrogens with zero attached hydrogens (tertiary/aromatic N) is 6. The quantitative estimate of drug-likeness (QED) is 0.681. The van der Waals surface area contributed by atoms with Crippen molar-refractivity contribution in [2.24, 2.45) is 0 Å². The number of hydrogen-bond donors (Lipinski definition) is 1. The lowest BCUT2D eigenvalue weighted by Crippen LogP contribution is -2.49. The third-order valence-electron chi connectivity index (χ3n) is 4.74. The maximum absolute atomic E-state index is 12.5. The van der Waals surface area contributed by atoms with E-state index in [4.69, 9.17) is 9.84 Å². The molecule has 1 N–H and O–H groups in total. The smallest absolute Gasteiger partial charge is 0.356 e. The van der Waals surface area contributed by atoms with Crippen LogP contribution in [0.3, 0.4) is 0 Å². The lowest BCUT2D eigenvalue weighted by molar-refractivity contribution is 0.0689. The minimum atomic E-state index is -1.15. The minimum Gasteiger partial charge on any atom is -0.476 e. The fourth-order valence-corrected chi connectivity index (χ4v) is 3.23. The monoisotopic (exact) mass is 408 g/mol. The number of carbonyl (C=O) groups excluding carboxylic acids is 1. The molecule has 1 aromatic carbocycles. The lowest BCUT2D eigenvalue weighted by atomic mass is 10.2. The highest BCUT2D eigenvalue weighted by Gasteiger charge is 2.23. The van der Waals surface area contributed by atoms with Crippen molar-refractivity contribution in [3.05, 3.63) is 66.2 Å². The van der Waals surface area contributed by atoms with Crippen LogP contribution < -0.4 is 4.74 Å². The number of hydrogen-bond acceptors (Lipinski definition) is 7.